The third-order valence-electron chi connectivity index (χ3n) is 1.64. The van der Waals surface area contributed by atoms with Crippen molar-refractivity contribution in [3.05, 3.63) is 0 Å². The molecule has 1 rings (SSSR count). The van der Waals surface area contributed by atoms with Gasteiger partial charge in [-0.3, -0.25) is 0 Å². The molecule has 0 aromatic rings. The van der Waals surface area contributed by atoms with E-state index in [-0.39, 0.29) is 6.09 Å². The summed E-state index contributed by atoms with van der Waals surface area (Å²) in [5.41, 5.74) is 0. The van der Waals surface area contributed by atoms with Crippen molar-refractivity contribution in [2.24, 2.45) is 5.92 Å². The first kappa shape index (κ1) is 8.84. The molecule has 4 heteroatoms. The number of alkyl halides is 1. The molecule has 1 unspecified atom stereocenters. The minimum absolute atomic E-state index is 0.169. The molecule has 0 saturated carbocycles. The molecule has 64 valence electrons. The molecule has 1 atom stereocenters. The van der Waals surface area contributed by atoms with Crippen molar-refractivity contribution in [2.45, 2.75) is 6.92 Å². The summed E-state index contributed by atoms with van der Waals surface area (Å²) in [4.78, 5) is 12.7. The van der Waals surface area contributed by atoms with E-state index in [0.29, 0.717) is 12.5 Å². The number of cyclic esters (lactones) is 1. The molecule has 0 radical (unpaired) electrons. The number of rotatable bonds is 3. The first-order valence-electron chi connectivity index (χ1n) is 3.71. The first-order chi connectivity index (χ1) is 5.24. The van der Waals surface area contributed by atoms with Gasteiger partial charge in [0.05, 0.1) is 6.54 Å². The van der Waals surface area contributed by atoms with E-state index < -0.39 is 0 Å². The average molecular weight is 222 g/mol. The van der Waals surface area contributed by atoms with Gasteiger partial charge in [0.1, 0.15) is 6.61 Å². The van der Waals surface area contributed by atoms with Crippen LogP contribution in [0.15, 0.2) is 0 Å². The van der Waals surface area contributed by atoms with E-state index in [1.165, 1.54) is 0 Å². The Hall–Kier alpha value is -0.250. The molecule has 0 N–H and O–H groups in total. The largest absolute Gasteiger partial charge is 0.448 e. The Morgan fingerprint density at radius 1 is 1.82 bits per heavy atom. The number of nitrogens with zero attached hydrogens (tertiary/aromatic N) is 1. The van der Waals surface area contributed by atoms with Crippen LogP contribution in [0.25, 0.3) is 0 Å². The van der Waals surface area contributed by atoms with E-state index in [1.807, 2.05) is 0 Å². The van der Waals surface area contributed by atoms with Crippen LogP contribution in [0.4, 0.5) is 4.79 Å². The van der Waals surface area contributed by atoms with Gasteiger partial charge in [-0.05, 0) is 5.92 Å². The van der Waals surface area contributed by atoms with Crippen LogP contribution < -0.4 is 0 Å². The van der Waals surface area contributed by atoms with E-state index in [1.54, 1.807) is 4.90 Å². The Bertz CT molecular complexity index is 151. The van der Waals surface area contributed by atoms with Crippen LogP contribution in [-0.2, 0) is 4.74 Å². The maximum atomic E-state index is 10.9. The van der Waals surface area contributed by atoms with Crippen molar-refractivity contribution >= 4 is 22.0 Å². The van der Waals surface area contributed by atoms with Gasteiger partial charge in [-0.2, -0.15) is 0 Å². The zero-order valence-corrected chi connectivity index (χ0v) is 8.13. The molecule has 0 aromatic carbocycles. The molecule has 11 heavy (non-hydrogen) atoms. The Kier molecular flexibility index (Phi) is 3.17. The van der Waals surface area contributed by atoms with Gasteiger partial charge in [-0.15, -0.1) is 0 Å². The zero-order chi connectivity index (χ0) is 8.27. The summed E-state index contributed by atoms with van der Waals surface area (Å²) in [5, 5.41) is 0.927. The predicted octanol–water partition coefficient (Wildman–Crippen LogP) is 1.47. The van der Waals surface area contributed by atoms with Crippen molar-refractivity contribution in [3.8, 4) is 0 Å². The fourth-order valence-electron chi connectivity index (χ4n) is 1.02. The molecule has 1 saturated heterocycles. The average Bonchev–Trinajstić information content (AvgIpc) is 2.37. The lowest BCUT2D eigenvalue weighted by molar-refractivity contribution is 0.156. The molecule has 3 nitrogen and oxygen atoms in total. The van der Waals surface area contributed by atoms with Gasteiger partial charge in [-0.25, -0.2) is 4.79 Å². The SMILES string of the molecule is CC(CBr)CN1CCOC1=O. The molecule has 0 aromatic heterocycles. The van der Waals surface area contributed by atoms with Gasteiger partial charge < -0.3 is 9.64 Å². The maximum Gasteiger partial charge on any atom is 0.409 e. The quantitative estimate of drug-likeness (QED) is 0.676. The van der Waals surface area contributed by atoms with Crippen molar-refractivity contribution < 1.29 is 9.53 Å². The van der Waals surface area contributed by atoms with Gasteiger partial charge in [-0.1, -0.05) is 22.9 Å². The normalized spacial score (nSPS) is 20.2. The van der Waals surface area contributed by atoms with Gasteiger partial charge in [0.25, 0.3) is 0 Å². The highest BCUT2D eigenvalue weighted by Gasteiger charge is 2.22. The van der Waals surface area contributed by atoms with Crippen molar-refractivity contribution in [2.75, 3.05) is 25.0 Å². The van der Waals surface area contributed by atoms with Gasteiger partial charge in [0.2, 0.25) is 0 Å². The lowest BCUT2D eigenvalue weighted by atomic mass is 10.2. The fraction of sp³-hybridized carbons (Fsp3) is 0.857. The van der Waals surface area contributed by atoms with E-state index in [2.05, 4.69) is 22.9 Å². The molecular weight excluding hydrogens is 210 g/mol. The minimum atomic E-state index is -0.169. The van der Waals surface area contributed by atoms with Gasteiger partial charge in [0.15, 0.2) is 0 Å². The van der Waals surface area contributed by atoms with E-state index in [0.717, 1.165) is 18.4 Å². The number of carbonyl (C=O) groups excluding carboxylic acids is 1. The van der Waals surface area contributed by atoms with Crippen LogP contribution >= 0.6 is 15.9 Å². The molecular formula is C7H12BrNO2. The third-order valence-corrected chi connectivity index (χ3v) is 2.75. The summed E-state index contributed by atoms with van der Waals surface area (Å²) in [7, 11) is 0. The molecule has 0 aliphatic carbocycles. The lowest BCUT2D eigenvalue weighted by Gasteiger charge is -2.15. The zero-order valence-electron chi connectivity index (χ0n) is 6.55. The molecule has 1 fully saturated rings. The molecule has 1 heterocycles. The molecule has 0 spiro atoms. The third kappa shape index (κ3) is 2.36. The lowest BCUT2D eigenvalue weighted by Crippen LogP contribution is -2.29. The van der Waals surface area contributed by atoms with E-state index in [4.69, 9.17) is 4.74 Å². The van der Waals surface area contributed by atoms with Crippen LogP contribution in [-0.4, -0.2) is 36.0 Å². The van der Waals surface area contributed by atoms with Crippen molar-refractivity contribution in [3.63, 3.8) is 0 Å². The van der Waals surface area contributed by atoms with Crippen molar-refractivity contribution in [1.29, 1.82) is 0 Å². The fourth-order valence-corrected chi connectivity index (χ4v) is 1.22. The first-order valence-corrected chi connectivity index (χ1v) is 4.84. The highest BCUT2D eigenvalue weighted by Crippen LogP contribution is 2.08. The molecule has 1 aliphatic heterocycles. The van der Waals surface area contributed by atoms with E-state index in [9.17, 15) is 4.79 Å². The number of amides is 1. The van der Waals surface area contributed by atoms with E-state index >= 15 is 0 Å². The van der Waals surface area contributed by atoms with Crippen LogP contribution in [0.1, 0.15) is 6.92 Å². The van der Waals surface area contributed by atoms with Gasteiger partial charge >= 0.3 is 6.09 Å². The van der Waals surface area contributed by atoms with Crippen LogP contribution in [0.3, 0.4) is 0 Å². The second kappa shape index (κ2) is 3.95. The standard InChI is InChI=1S/C7H12BrNO2/c1-6(4-8)5-9-2-3-11-7(9)10/h6H,2-5H2,1H3. The number of hydrogen-bond acceptors (Lipinski definition) is 2. The molecule has 0 bridgehead atoms. The summed E-state index contributed by atoms with van der Waals surface area (Å²) in [6.45, 7) is 4.19. The number of carbonyl (C=O) groups is 1. The Morgan fingerprint density at radius 2 is 2.55 bits per heavy atom. The summed E-state index contributed by atoms with van der Waals surface area (Å²) in [6.07, 6.45) is -0.169. The second-order valence-electron chi connectivity index (χ2n) is 2.82. The Labute approximate surface area is 74.8 Å². The summed E-state index contributed by atoms with van der Waals surface area (Å²) >= 11 is 3.36. The topological polar surface area (TPSA) is 29.5 Å². The minimum Gasteiger partial charge on any atom is -0.448 e. The molecule has 1 amide bonds. The summed E-state index contributed by atoms with van der Waals surface area (Å²) in [5.74, 6) is 0.501. The smallest absolute Gasteiger partial charge is 0.409 e. The maximum absolute atomic E-state index is 10.9. The predicted molar refractivity (Wildman–Crippen MR) is 45.9 cm³/mol. The van der Waals surface area contributed by atoms with Gasteiger partial charge in [0, 0.05) is 11.9 Å². The van der Waals surface area contributed by atoms with Crippen LogP contribution in [0, 0.1) is 5.92 Å². The number of halogens is 1. The number of hydrogen-bond donors (Lipinski definition) is 0. The highest BCUT2D eigenvalue weighted by atomic mass is 79.9. The highest BCUT2D eigenvalue weighted by molar-refractivity contribution is 9.09. The van der Waals surface area contributed by atoms with Crippen LogP contribution in [0.2, 0.25) is 0 Å². The Morgan fingerprint density at radius 3 is 3.00 bits per heavy atom. The second-order valence-corrected chi connectivity index (χ2v) is 3.47. The summed E-state index contributed by atoms with van der Waals surface area (Å²) in [6, 6.07) is 0. The summed E-state index contributed by atoms with van der Waals surface area (Å²) < 4.78 is 4.78. The monoisotopic (exact) mass is 221 g/mol. The Balaban J connectivity index is 2.30. The number of ether oxygens (including phenoxy) is 1. The molecule has 1 aliphatic rings. The van der Waals surface area contributed by atoms with Crippen LogP contribution in [0.5, 0.6) is 0 Å². The van der Waals surface area contributed by atoms with Crippen molar-refractivity contribution in [1.82, 2.24) is 4.90 Å².